The van der Waals surface area contributed by atoms with Crippen LogP contribution in [0, 0.1) is 0 Å². The second-order valence-corrected chi connectivity index (χ2v) is 5.78. The Morgan fingerprint density at radius 2 is 2.04 bits per heavy atom. The Balaban J connectivity index is 1.70. The lowest BCUT2D eigenvalue weighted by Gasteiger charge is -2.16. The van der Waals surface area contributed by atoms with Crippen LogP contribution in [0.15, 0.2) is 61.2 Å². The molecule has 3 aromatic rings. The number of carbonyl (C=O) groups is 1. The number of carbonyl (C=O) groups excluding carboxylic acids is 1. The Morgan fingerprint density at radius 3 is 2.72 bits per heavy atom. The van der Waals surface area contributed by atoms with Crippen molar-refractivity contribution in [3.63, 3.8) is 0 Å². The van der Waals surface area contributed by atoms with E-state index in [1.807, 2.05) is 49.5 Å². The highest BCUT2D eigenvalue weighted by atomic mass is 16.5. The minimum absolute atomic E-state index is 0.0317. The number of rotatable bonds is 6. The fourth-order valence-corrected chi connectivity index (χ4v) is 2.59. The molecule has 0 unspecified atom stereocenters. The number of aromatic nitrogens is 3. The first-order valence-corrected chi connectivity index (χ1v) is 8.07. The van der Waals surface area contributed by atoms with Crippen LogP contribution in [-0.4, -0.2) is 26.5 Å². The van der Waals surface area contributed by atoms with E-state index in [-0.39, 0.29) is 12.0 Å². The number of imidazole rings is 1. The Hall–Kier alpha value is -3.15. The molecule has 128 valence electrons. The number of benzene rings is 1. The summed E-state index contributed by atoms with van der Waals surface area (Å²) in [6, 6.07) is 11.4. The van der Waals surface area contributed by atoms with Crippen molar-refractivity contribution in [3.05, 3.63) is 61.2 Å². The highest BCUT2D eigenvalue weighted by molar-refractivity contribution is 5.88. The van der Waals surface area contributed by atoms with Gasteiger partial charge in [-0.2, -0.15) is 0 Å². The molecule has 1 amide bonds. The zero-order valence-electron chi connectivity index (χ0n) is 14.2. The summed E-state index contributed by atoms with van der Waals surface area (Å²) in [6.07, 6.45) is 7.09. The van der Waals surface area contributed by atoms with Crippen molar-refractivity contribution in [2.75, 3.05) is 5.32 Å². The average Bonchev–Trinajstić information content (AvgIpc) is 3.04. The Morgan fingerprint density at radius 1 is 1.24 bits per heavy atom. The van der Waals surface area contributed by atoms with Gasteiger partial charge in [0.2, 0.25) is 5.91 Å². The highest BCUT2D eigenvalue weighted by Gasteiger charge is 2.11. The van der Waals surface area contributed by atoms with Crippen LogP contribution in [0.1, 0.15) is 13.8 Å². The molecule has 0 radical (unpaired) electrons. The second kappa shape index (κ2) is 7.61. The number of ether oxygens (including phenoxy) is 1. The van der Waals surface area contributed by atoms with Gasteiger partial charge in [0.05, 0.1) is 12.7 Å². The van der Waals surface area contributed by atoms with E-state index >= 15 is 0 Å². The summed E-state index contributed by atoms with van der Waals surface area (Å²) in [5.41, 5.74) is 1.75. The summed E-state index contributed by atoms with van der Waals surface area (Å²) in [5.74, 6) is 1.52. The van der Waals surface area contributed by atoms with Gasteiger partial charge in [-0.15, -0.1) is 0 Å². The molecule has 0 saturated heterocycles. The molecule has 0 spiro atoms. The molecule has 0 aliphatic carbocycles. The van der Waals surface area contributed by atoms with E-state index in [0.717, 1.165) is 22.8 Å². The quantitative estimate of drug-likeness (QED) is 0.749. The molecular formula is C19H20N4O2. The maximum atomic E-state index is 11.1. The van der Waals surface area contributed by atoms with Crippen LogP contribution in [-0.2, 0) is 11.3 Å². The van der Waals surface area contributed by atoms with Gasteiger partial charge in [-0.05, 0) is 43.3 Å². The summed E-state index contributed by atoms with van der Waals surface area (Å²) in [5, 5.41) is 2.76. The minimum atomic E-state index is -0.0874. The molecule has 2 heterocycles. The van der Waals surface area contributed by atoms with Crippen molar-refractivity contribution in [2.24, 2.45) is 0 Å². The first-order chi connectivity index (χ1) is 12.1. The molecule has 0 fully saturated rings. The SMILES string of the molecule is CC(=O)Nc1ccc(-c2nccn2C[C@@H](C)Oc2cccnc2)cc1. The molecule has 3 rings (SSSR count). The van der Waals surface area contributed by atoms with Crippen molar-refractivity contribution < 1.29 is 9.53 Å². The van der Waals surface area contributed by atoms with Gasteiger partial charge >= 0.3 is 0 Å². The Labute approximate surface area is 146 Å². The fourth-order valence-electron chi connectivity index (χ4n) is 2.59. The molecule has 0 bridgehead atoms. The number of anilines is 1. The van der Waals surface area contributed by atoms with Gasteiger partial charge < -0.3 is 14.6 Å². The van der Waals surface area contributed by atoms with Crippen LogP contribution in [0.3, 0.4) is 0 Å². The van der Waals surface area contributed by atoms with Gasteiger partial charge in [-0.25, -0.2) is 4.98 Å². The van der Waals surface area contributed by atoms with E-state index in [1.165, 1.54) is 6.92 Å². The van der Waals surface area contributed by atoms with Crippen molar-refractivity contribution in [1.29, 1.82) is 0 Å². The minimum Gasteiger partial charge on any atom is -0.487 e. The monoisotopic (exact) mass is 336 g/mol. The number of nitrogens with one attached hydrogen (secondary N) is 1. The van der Waals surface area contributed by atoms with E-state index < -0.39 is 0 Å². The molecule has 0 aliphatic rings. The largest absolute Gasteiger partial charge is 0.487 e. The first kappa shape index (κ1) is 16.7. The van der Waals surface area contributed by atoms with E-state index in [2.05, 4.69) is 19.9 Å². The van der Waals surface area contributed by atoms with Crippen molar-refractivity contribution in [1.82, 2.24) is 14.5 Å². The maximum absolute atomic E-state index is 11.1. The van der Waals surface area contributed by atoms with Crippen LogP contribution in [0.5, 0.6) is 5.75 Å². The van der Waals surface area contributed by atoms with Crippen molar-refractivity contribution in [2.45, 2.75) is 26.5 Å². The van der Waals surface area contributed by atoms with Gasteiger partial charge in [0.1, 0.15) is 17.7 Å². The normalized spacial score (nSPS) is 11.8. The molecule has 25 heavy (non-hydrogen) atoms. The predicted molar refractivity (Wildman–Crippen MR) is 96.3 cm³/mol. The molecule has 0 aliphatic heterocycles. The number of nitrogens with zero attached hydrogens (tertiary/aromatic N) is 3. The third kappa shape index (κ3) is 4.44. The molecule has 1 aromatic carbocycles. The van der Waals surface area contributed by atoms with Gasteiger partial charge in [0, 0.05) is 36.8 Å². The summed E-state index contributed by atoms with van der Waals surface area (Å²) in [7, 11) is 0. The smallest absolute Gasteiger partial charge is 0.221 e. The van der Waals surface area contributed by atoms with Crippen LogP contribution < -0.4 is 10.1 Å². The molecule has 0 saturated carbocycles. The lowest BCUT2D eigenvalue weighted by Crippen LogP contribution is -2.19. The topological polar surface area (TPSA) is 69.0 Å². The molecule has 1 atom stereocenters. The lowest BCUT2D eigenvalue weighted by molar-refractivity contribution is -0.114. The molecule has 1 N–H and O–H groups in total. The van der Waals surface area contributed by atoms with E-state index in [4.69, 9.17) is 4.74 Å². The van der Waals surface area contributed by atoms with Crippen LogP contribution >= 0.6 is 0 Å². The molecule has 6 nitrogen and oxygen atoms in total. The molecular weight excluding hydrogens is 316 g/mol. The number of pyridine rings is 1. The average molecular weight is 336 g/mol. The predicted octanol–water partition coefficient (Wildman–Crippen LogP) is 3.37. The summed E-state index contributed by atoms with van der Waals surface area (Å²) in [4.78, 5) is 19.6. The molecule has 2 aromatic heterocycles. The lowest BCUT2D eigenvalue weighted by atomic mass is 10.2. The van der Waals surface area contributed by atoms with Crippen LogP contribution in [0.25, 0.3) is 11.4 Å². The summed E-state index contributed by atoms with van der Waals surface area (Å²) < 4.78 is 7.93. The van der Waals surface area contributed by atoms with Crippen molar-refractivity contribution >= 4 is 11.6 Å². The first-order valence-electron chi connectivity index (χ1n) is 8.07. The maximum Gasteiger partial charge on any atom is 0.221 e. The van der Waals surface area contributed by atoms with Gasteiger partial charge in [-0.3, -0.25) is 9.78 Å². The number of hydrogen-bond acceptors (Lipinski definition) is 4. The van der Waals surface area contributed by atoms with Gasteiger partial charge in [0.15, 0.2) is 0 Å². The zero-order chi connectivity index (χ0) is 17.6. The highest BCUT2D eigenvalue weighted by Crippen LogP contribution is 2.21. The second-order valence-electron chi connectivity index (χ2n) is 5.78. The number of hydrogen-bond donors (Lipinski definition) is 1. The third-order valence-electron chi connectivity index (χ3n) is 3.60. The van der Waals surface area contributed by atoms with E-state index in [1.54, 1.807) is 18.6 Å². The summed E-state index contributed by atoms with van der Waals surface area (Å²) >= 11 is 0. The van der Waals surface area contributed by atoms with Gasteiger partial charge in [0.25, 0.3) is 0 Å². The Kier molecular flexibility index (Phi) is 5.09. The molecule has 6 heteroatoms. The number of amides is 1. The third-order valence-corrected chi connectivity index (χ3v) is 3.60. The van der Waals surface area contributed by atoms with Gasteiger partial charge in [-0.1, -0.05) is 0 Å². The standard InChI is InChI=1S/C19H20N4O2/c1-14(25-18-4-3-9-20-12-18)13-23-11-10-21-19(23)16-5-7-17(8-6-16)22-15(2)24/h3-12,14H,13H2,1-2H3,(H,22,24)/t14-/m1/s1. The Bertz CT molecular complexity index is 828. The zero-order valence-corrected chi connectivity index (χ0v) is 14.2. The summed E-state index contributed by atoms with van der Waals surface area (Å²) in [6.45, 7) is 4.17. The van der Waals surface area contributed by atoms with E-state index in [9.17, 15) is 4.79 Å². The van der Waals surface area contributed by atoms with Crippen LogP contribution in [0.2, 0.25) is 0 Å². The van der Waals surface area contributed by atoms with Crippen LogP contribution in [0.4, 0.5) is 5.69 Å². The van der Waals surface area contributed by atoms with E-state index in [0.29, 0.717) is 6.54 Å². The fraction of sp³-hybridized carbons (Fsp3) is 0.211. The van der Waals surface area contributed by atoms with Crippen molar-refractivity contribution in [3.8, 4) is 17.1 Å².